The molecule has 0 aliphatic heterocycles. The summed E-state index contributed by atoms with van der Waals surface area (Å²) >= 11 is 0. The van der Waals surface area contributed by atoms with Crippen LogP contribution in [0.3, 0.4) is 0 Å². The minimum Gasteiger partial charge on any atom is -0.434 e. The summed E-state index contributed by atoms with van der Waals surface area (Å²) in [6.45, 7) is 17.1. The Kier molecular flexibility index (Phi) is 8.78. The van der Waals surface area contributed by atoms with Crippen LogP contribution < -0.4 is 0 Å². The first-order chi connectivity index (χ1) is 19.6. The van der Waals surface area contributed by atoms with Crippen molar-refractivity contribution in [2.45, 2.75) is 85.0 Å². The van der Waals surface area contributed by atoms with Gasteiger partial charge in [-0.3, -0.25) is 9.08 Å². The Labute approximate surface area is 249 Å². The third-order valence-electron chi connectivity index (χ3n) is 7.15. The van der Waals surface area contributed by atoms with Gasteiger partial charge in [0.05, 0.1) is 0 Å². The second-order valence-electron chi connectivity index (χ2n) is 12.6. The number of rotatable bonds is 9. The molecule has 0 amide bonds. The summed E-state index contributed by atoms with van der Waals surface area (Å²) < 4.78 is 39.1. The van der Waals surface area contributed by atoms with Crippen molar-refractivity contribution in [1.82, 2.24) is 4.98 Å². The summed E-state index contributed by atoms with van der Waals surface area (Å²) in [7, 11) is -4.42. The lowest BCUT2D eigenvalue weighted by molar-refractivity contribution is -0.119. The van der Waals surface area contributed by atoms with Gasteiger partial charge < -0.3 is 4.42 Å². The van der Waals surface area contributed by atoms with E-state index < -0.39 is 21.3 Å². The summed E-state index contributed by atoms with van der Waals surface area (Å²) in [5.41, 5.74) is 4.02. The maximum atomic E-state index is 13.9. The highest BCUT2D eigenvalue weighted by Crippen LogP contribution is 2.36. The number of carbonyl (C=O) groups excluding carboxylic acids is 1. The lowest BCUT2D eigenvalue weighted by Crippen LogP contribution is -2.30. The highest BCUT2D eigenvalue weighted by Gasteiger charge is 2.34. The van der Waals surface area contributed by atoms with E-state index in [1.807, 2.05) is 82.3 Å². The first-order valence-corrected chi connectivity index (χ1v) is 15.7. The molecule has 1 heterocycles. The van der Waals surface area contributed by atoms with Gasteiger partial charge >= 0.3 is 10.1 Å². The van der Waals surface area contributed by atoms with Crippen LogP contribution in [-0.2, 0) is 19.2 Å². The molecule has 0 saturated carbocycles. The summed E-state index contributed by atoms with van der Waals surface area (Å²) in [4.78, 5) is 18.1. The van der Waals surface area contributed by atoms with Gasteiger partial charge in [-0.25, -0.2) is 4.98 Å². The van der Waals surface area contributed by atoms with Crippen molar-refractivity contribution in [3.8, 4) is 11.1 Å². The zero-order valence-electron chi connectivity index (χ0n) is 25.8. The number of hydrogen-bond donors (Lipinski definition) is 0. The number of benzene rings is 3. The van der Waals surface area contributed by atoms with Gasteiger partial charge in [0, 0.05) is 5.41 Å². The second kappa shape index (κ2) is 11.8. The number of aromatic nitrogens is 1. The Bertz CT molecular complexity index is 1710. The maximum Gasteiger partial charge on any atom is 0.359 e. The molecule has 0 saturated heterocycles. The lowest BCUT2D eigenvalue weighted by Gasteiger charge is -2.21. The van der Waals surface area contributed by atoms with Crippen LogP contribution in [0, 0.1) is 5.41 Å². The molecule has 222 valence electrons. The zero-order valence-corrected chi connectivity index (χ0v) is 26.7. The fourth-order valence-corrected chi connectivity index (χ4v) is 6.08. The molecule has 0 bridgehead atoms. The number of ketones is 1. The fraction of sp³-hybridized carbons (Fsp3) is 0.382. The SMILES string of the molecule is CC(C)c1cc(C(C)C)c(S(=O)(=O)O/N=C(\C(=O)C(C)(C)C)c2nc3ccc(-c4ccccc4)cc3o2)c(C(C)C)c1. The molecule has 0 atom stereocenters. The molecule has 7 nitrogen and oxygen atoms in total. The minimum absolute atomic E-state index is 0.0910. The molecule has 0 radical (unpaired) electrons. The molecule has 0 N–H and O–H groups in total. The van der Waals surface area contributed by atoms with Gasteiger partial charge in [0.15, 0.2) is 11.4 Å². The van der Waals surface area contributed by atoms with E-state index in [1.54, 1.807) is 26.8 Å². The highest BCUT2D eigenvalue weighted by molar-refractivity contribution is 7.86. The van der Waals surface area contributed by atoms with Gasteiger partial charge in [0.1, 0.15) is 10.4 Å². The van der Waals surface area contributed by atoms with Crippen molar-refractivity contribution in [3.63, 3.8) is 0 Å². The largest absolute Gasteiger partial charge is 0.434 e. The molecular formula is C34H40N2O5S. The van der Waals surface area contributed by atoms with E-state index in [1.165, 1.54) is 0 Å². The Hall–Kier alpha value is -3.78. The summed E-state index contributed by atoms with van der Waals surface area (Å²) in [5.74, 6) is -0.534. The highest BCUT2D eigenvalue weighted by atomic mass is 32.2. The van der Waals surface area contributed by atoms with Crippen molar-refractivity contribution in [1.29, 1.82) is 0 Å². The fourth-order valence-electron chi connectivity index (χ4n) is 4.67. The van der Waals surface area contributed by atoms with Gasteiger partial charge in [-0.05, 0) is 57.7 Å². The van der Waals surface area contributed by atoms with Crippen LogP contribution in [-0.4, -0.2) is 24.9 Å². The van der Waals surface area contributed by atoms with Crippen molar-refractivity contribution in [2.24, 2.45) is 10.6 Å². The number of nitrogens with zero attached hydrogens (tertiary/aromatic N) is 2. The van der Waals surface area contributed by atoms with E-state index in [9.17, 15) is 13.2 Å². The Morgan fingerprint density at radius 2 is 1.43 bits per heavy atom. The predicted octanol–water partition coefficient (Wildman–Crippen LogP) is 8.59. The molecule has 0 fully saturated rings. The van der Waals surface area contributed by atoms with Crippen LogP contribution in [0.5, 0.6) is 0 Å². The second-order valence-corrected chi connectivity index (χ2v) is 14.1. The van der Waals surface area contributed by atoms with Crippen molar-refractivity contribution in [2.75, 3.05) is 0 Å². The van der Waals surface area contributed by atoms with Crippen molar-refractivity contribution >= 4 is 32.7 Å². The van der Waals surface area contributed by atoms with Crippen molar-refractivity contribution < 1.29 is 21.9 Å². The molecule has 4 rings (SSSR count). The summed E-state index contributed by atoms with van der Waals surface area (Å²) in [5, 5.41) is 3.97. The van der Waals surface area contributed by atoms with Crippen LogP contribution in [0.1, 0.15) is 103 Å². The average molecular weight is 589 g/mol. The monoisotopic (exact) mass is 588 g/mol. The smallest absolute Gasteiger partial charge is 0.359 e. The van der Waals surface area contributed by atoms with Crippen LogP contribution in [0.2, 0.25) is 0 Å². The van der Waals surface area contributed by atoms with Gasteiger partial charge in [0.25, 0.3) is 5.89 Å². The predicted molar refractivity (Wildman–Crippen MR) is 167 cm³/mol. The number of oxazole rings is 1. The van der Waals surface area contributed by atoms with Crippen LogP contribution in [0.25, 0.3) is 22.2 Å². The van der Waals surface area contributed by atoms with E-state index >= 15 is 0 Å². The topological polar surface area (TPSA) is 98.8 Å². The number of carbonyl (C=O) groups is 1. The maximum absolute atomic E-state index is 13.9. The molecule has 0 unspecified atom stereocenters. The van der Waals surface area contributed by atoms with E-state index in [-0.39, 0.29) is 34.3 Å². The number of fused-ring (bicyclic) bond motifs is 1. The number of oxime groups is 1. The van der Waals surface area contributed by atoms with E-state index in [0.717, 1.165) is 16.7 Å². The molecule has 42 heavy (non-hydrogen) atoms. The third-order valence-corrected chi connectivity index (χ3v) is 8.39. The summed E-state index contributed by atoms with van der Waals surface area (Å²) in [6.07, 6.45) is 0. The molecule has 1 aromatic heterocycles. The number of hydrogen-bond acceptors (Lipinski definition) is 7. The van der Waals surface area contributed by atoms with Gasteiger partial charge in [0.2, 0.25) is 5.71 Å². The third kappa shape index (κ3) is 6.49. The average Bonchev–Trinajstić information content (AvgIpc) is 3.35. The molecule has 3 aromatic carbocycles. The molecule has 0 aliphatic rings. The Balaban J connectivity index is 1.84. The molecule has 4 aromatic rings. The first kappa shape index (κ1) is 31.2. The van der Waals surface area contributed by atoms with Crippen LogP contribution in [0.15, 0.2) is 75.1 Å². The summed E-state index contributed by atoms with van der Waals surface area (Å²) in [6, 6.07) is 19.2. The molecule has 0 spiro atoms. The first-order valence-electron chi connectivity index (χ1n) is 14.3. The minimum atomic E-state index is -4.42. The van der Waals surface area contributed by atoms with E-state index in [4.69, 9.17) is 8.70 Å². The van der Waals surface area contributed by atoms with Gasteiger partial charge in [-0.1, -0.05) is 116 Å². The van der Waals surface area contributed by atoms with Gasteiger partial charge in [-0.15, -0.1) is 0 Å². The van der Waals surface area contributed by atoms with Crippen LogP contribution >= 0.6 is 0 Å². The lowest BCUT2D eigenvalue weighted by atomic mass is 9.88. The molecule has 8 heteroatoms. The Morgan fingerprint density at radius 3 is 1.95 bits per heavy atom. The normalized spacial score (nSPS) is 13.0. The van der Waals surface area contributed by atoms with Crippen molar-refractivity contribution in [3.05, 3.63) is 83.2 Å². The van der Waals surface area contributed by atoms with E-state index in [0.29, 0.717) is 22.2 Å². The van der Waals surface area contributed by atoms with Gasteiger partial charge in [-0.2, -0.15) is 8.42 Å². The molecule has 0 aliphatic carbocycles. The molecular weight excluding hydrogens is 548 g/mol. The Morgan fingerprint density at radius 1 is 0.833 bits per heavy atom. The van der Waals surface area contributed by atoms with Crippen LogP contribution in [0.4, 0.5) is 0 Å². The van der Waals surface area contributed by atoms with E-state index in [2.05, 4.69) is 24.0 Å². The quantitative estimate of drug-likeness (QED) is 0.143. The standard InChI is InChI=1S/C34H40N2O5S/c1-20(2)25-17-26(21(3)4)31(27(18-25)22(5)6)42(38,39)41-36-30(32(37)34(7,8)9)33-35-28-16-15-24(19-29(28)40-33)23-13-11-10-12-14-23/h10-22H,1-9H3/b36-30+. The number of Topliss-reactive ketones (excluding diaryl/α,β-unsaturated/α-hetero) is 1. The zero-order chi connectivity index (χ0) is 31.0.